The highest BCUT2D eigenvalue weighted by Crippen LogP contribution is 2.30. The summed E-state index contributed by atoms with van der Waals surface area (Å²) in [4.78, 5) is 0.0723. The fourth-order valence-electron chi connectivity index (χ4n) is 2.95. The van der Waals surface area contributed by atoms with Gasteiger partial charge in [0.1, 0.15) is 0 Å². The van der Waals surface area contributed by atoms with Gasteiger partial charge in [0.2, 0.25) is 10.0 Å². The Morgan fingerprint density at radius 2 is 1.50 bits per heavy atom. The minimum absolute atomic E-state index is 0.0723. The third-order valence-corrected chi connectivity index (χ3v) is 5.71. The average Bonchev–Trinajstić information content (AvgIpc) is 3.18. The topological polar surface area (TPSA) is 78.0 Å². The van der Waals surface area contributed by atoms with Gasteiger partial charge in [-0.05, 0) is 59.7 Å². The molecule has 7 heteroatoms. The number of nitrogens with zero attached hydrogens (tertiary/aromatic N) is 2. The summed E-state index contributed by atoms with van der Waals surface area (Å²) >= 11 is 3.58. The van der Waals surface area contributed by atoms with Crippen molar-refractivity contribution in [1.29, 1.82) is 0 Å². The molecule has 0 saturated heterocycles. The molecular weight excluding hydrogens is 438 g/mol. The van der Waals surface area contributed by atoms with Crippen LogP contribution in [0, 0.1) is 0 Å². The van der Waals surface area contributed by atoms with Gasteiger partial charge in [-0.1, -0.05) is 46.3 Å². The van der Waals surface area contributed by atoms with Crippen LogP contribution in [-0.4, -0.2) is 18.2 Å². The fourth-order valence-corrected chi connectivity index (χ4v) is 3.95. The Morgan fingerprint density at radius 3 is 2.18 bits per heavy atom. The molecule has 0 bridgehead atoms. The summed E-state index contributed by atoms with van der Waals surface area (Å²) in [6.45, 7) is 0. The van der Waals surface area contributed by atoms with Crippen LogP contribution in [0.3, 0.4) is 0 Å². The van der Waals surface area contributed by atoms with Crippen LogP contribution in [0.1, 0.15) is 0 Å². The van der Waals surface area contributed by atoms with Gasteiger partial charge in [0.05, 0.1) is 16.3 Å². The molecule has 0 amide bonds. The third-order valence-electron chi connectivity index (χ3n) is 4.32. The van der Waals surface area contributed by atoms with Crippen molar-refractivity contribution in [3.63, 3.8) is 0 Å². The number of hydrogen-bond acceptors (Lipinski definition) is 3. The van der Waals surface area contributed by atoms with Crippen LogP contribution in [0.15, 0.2) is 94.4 Å². The zero-order chi connectivity index (χ0) is 19.7. The summed E-state index contributed by atoms with van der Waals surface area (Å²) in [6, 6.07) is 24.5. The van der Waals surface area contributed by atoms with E-state index in [-0.39, 0.29) is 4.90 Å². The Balaban J connectivity index is 1.69. The first-order chi connectivity index (χ1) is 13.4. The van der Waals surface area contributed by atoms with Crippen LogP contribution in [-0.2, 0) is 10.0 Å². The number of benzene rings is 3. The molecule has 0 atom stereocenters. The molecule has 0 radical (unpaired) electrons. The van der Waals surface area contributed by atoms with Crippen LogP contribution in [0.5, 0.6) is 0 Å². The van der Waals surface area contributed by atoms with Gasteiger partial charge in [0.25, 0.3) is 0 Å². The highest BCUT2D eigenvalue weighted by molar-refractivity contribution is 9.10. The zero-order valence-corrected chi connectivity index (χ0v) is 17.1. The second kappa shape index (κ2) is 7.35. The summed E-state index contributed by atoms with van der Waals surface area (Å²) in [7, 11) is -3.71. The Labute approximate surface area is 171 Å². The van der Waals surface area contributed by atoms with Gasteiger partial charge in [-0.15, -0.1) is 0 Å². The molecular formula is C21H16BrN3O2S. The van der Waals surface area contributed by atoms with E-state index in [1.807, 2.05) is 36.5 Å². The number of halogens is 1. The highest BCUT2D eigenvalue weighted by atomic mass is 79.9. The van der Waals surface area contributed by atoms with E-state index in [1.54, 1.807) is 16.8 Å². The molecule has 0 aliphatic rings. The lowest BCUT2D eigenvalue weighted by Crippen LogP contribution is -2.12. The first-order valence-corrected chi connectivity index (χ1v) is 10.8. The quantitative estimate of drug-likeness (QED) is 0.489. The molecule has 0 unspecified atom stereocenters. The fraction of sp³-hybridized carbons (Fsp3) is 0. The van der Waals surface area contributed by atoms with Gasteiger partial charge in [-0.2, -0.15) is 5.10 Å². The summed E-state index contributed by atoms with van der Waals surface area (Å²) < 4.78 is 25.5. The van der Waals surface area contributed by atoms with Gasteiger partial charge in [-0.3, -0.25) is 0 Å². The number of hydrogen-bond donors (Lipinski definition) is 1. The van der Waals surface area contributed by atoms with Crippen LogP contribution in [0.4, 0.5) is 0 Å². The standard InChI is InChI=1S/C21H16BrN3O2S/c22-18-13-16(15-4-2-1-3-5-15)12-17(14-18)21-10-11-25(24-21)19-6-8-20(9-7-19)28(23,26)27/h1-14H,(H2,23,26,27). The van der Waals surface area contributed by atoms with E-state index < -0.39 is 10.0 Å². The zero-order valence-electron chi connectivity index (χ0n) is 14.7. The molecule has 2 N–H and O–H groups in total. The molecule has 0 aliphatic carbocycles. The maximum Gasteiger partial charge on any atom is 0.238 e. The van der Waals surface area contributed by atoms with E-state index in [4.69, 9.17) is 5.14 Å². The van der Waals surface area contributed by atoms with Crippen molar-refractivity contribution in [3.05, 3.63) is 89.5 Å². The van der Waals surface area contributed by atoms with Gasteiger partial charge < -0.3 is 0 Å². The second-order valence-corrected chi connectivity index (χ2v) is 8.76. The maximum absolute atomic E-state index is 11.4. The second-order valence-electron chi connectivity index (χ2n) is 6.28. The Hall–Kier alpha value is -2.74. The van der Waals surface area contributed by atoms with E-state index in [0.29, 0.717) is 0 Å². The lowest BCUT2D eigenvalue weighted by molar-refractivity contribution is 0.598. The summed E-state index contributed by atoms with van der Waals surface area (Å²) in [5.41, 5.74) is 4.76. The van der Waals surface area contributed by atoms with Crippen molar-refractivity contribution in [1.82, 2.24) is 9.78 Å². The molecule has 28 heavy (non-hydrogen) atoms. The minimum Gasteiger partial charge on any atom is -0.240 e. The molecule has 1 aromatic heterocycles. The number of rotatable bonds is 4. The molecule has 0 spiro atoms. The predicted octanol–water partition coefficient (Wildman–Crippen LogP) is 4.62. The number of primary sulfonamides is 1. The number of nitrogens with two attached hydrogens (primary N) is 1. The van der Waals surface area contributed by atoms with Crippen LogP contribution < -0.4 is 5.14 Å². The lowest BCUT2D eigenvalue weighted by atomic mass is 10.0. The van der Waals surface area contributed by atoms with Crippen LogP contribution in [0.25, 0.3) is 28.1 Å². The Morgan fingerprint density at radius 1 is 0.821 bits per heavy atom. The monoisotopic (exact) mass is 453 g/mol. The Kier molecular flexibility index (Phi) is 4.89. The first-order valence-electron chi connectivity index (χ1n) is 8.45. The molecule has 3 aromatic carbocycles. The maximum atomic E-state index is 11.4. The average molecular weight is 454 g/mol. The first kappa shape index (κ1) is 18.6. The predicted molar refractivity (Wildman–Crippen MR) is 114 cm³/mol. The summed E-state index contributed by atoms with van der Waals surface area (Å²) in [5, 5.41) is 9.78. The SMILES string of the molecule is NS(=O)(=O)c1ccc(-n2ccc(-c3cc(Br)cc(-c4ccccc4)c3)n2)cc1. The van der Waals surface area contributed by atoms with E-state index in [2.05, 4.69) is 45.3 Å². The van der Waals surface area contributed by atoms with Crippen molar-refractivity contribution in [2.24, 2.45) is 5.14 Å². The number of sulfonamides is 1. The van der Waals surface area contributed by atoms with Crippen molar-refractivity contribution in [3.8, 4) is 28.1 Å². The third kappa shape index (κ3) is 3.91. The van der Waals surface area contributed by atoms with Crippen molar-refractivity contribution >= 4 is 26.0 Å². The van der Waals surface area contributed by atoms with Crippen molar-refractivity contribution in [2.75, 3.05) is 0 Å². The largest absolute Gasteiger partial charge is 0.240 e. The van der Waals surface area contributed by atoms with Gasteiger partial charge in [-0.25, -0.2) is 18.2 Å². The highest BCUT2D eigenvalue weighted by Gasteiger charge is 2.10. The van der Waals surface area contributed by atoms with E-state index in [0.717, 1.165) is 32.5 Å². The normalized spacial score (nSPS) is 11.5. The van der Waals surface area contributed by atoms with E-state index in [1.165, 1.54) is 12.1 Å². The van der Waals surface area contributed by atoms with E-state index in [9.17, 15) is 8.42 Å². The van der Waals surface area contributed by atoms with E-state index >= 15 is 0 Å². The van der Waals surface area contributed by atoms with Gasteiger partial charge in [0.15, 0.2) is 0 Å². The Bertz CT molecular complexity index is 1230. The van der Waals surface area contributed by atoms with Gasteiger partial charge >= 0.3 is 0 Å². The summed E-state index contributed by atoms with van der Waals surface area (Å²) in [6.07, 6.45) is 1.84. The van der Waals surface area contributed by atoms with Crippen molar-refractivity contribution in [2.45, 2.75) is 4.90 Å². The minimum atomic E-state index is -3.71. The molecule has 0 aliphatic heterocycles. The molecule has 140 valence electrons. The van der Waals surface area contributed by atoms with Crippen molar-refractivity contribution < 1.29 is 8.42 Å². The smallest absolute Gasteiger partial charge is 0.238 e. The van der Waals surface area contributed by atoms with Gasteiger partial charge in [0, 0.05) is 16.2 Å². The molecule has 4 aromatic rings. The molecule has 0 fully saturated rings. The number of aromatic nitrogens is 2. The molecule has 1 heterocycles. The molecule has 0 saturated carbocycles. The van der Waals surface area contributed by atoms with Crippen LogP contribution in [0.2, 0.25) is 0 Å². The molecule has 5 nitrogen and oxygen atoms in total. The lowest BCUT2D eigenvalue weighted by Gasteiger charge is -2.06. The van der Waals surface area contributed by atoms with Crippen LogP contribution >= 0.6 is 15.9 Å². The molecule has 4 rings (SSSR count). The summed E-state index contributed by atoms with van der Waals surface area (Å²) in [5.74, 6) is 0.